The molecule has 0 aliphatic heterocycles. The summed E-state index contributed by atoms with van der Waals surface area (Å²) in [6.45, 7) is 8.39. The van der Waals surface area contributed by atoms with Crippen LogP contribution >= 0.6 is 0 Å². The molecule has 0 saturated carbocycles. The molecule has 1 aromatic carbocycles. The van der Waals surface area contributed by atoms with E-state index in [2.05, 4.69) is 25.7 Å². The lowest BCUT2D eigenvalue weighted by Gasteiger charge is -2.25. The summed E-state index contributed by atoms with van der Waals surface area (Å²) < 4.78 is 13.6. The second-order valence-corrected chi connectivity index (χ2v) is 4.62. The Labute approximate surface area is 98.3 Å². The summed E-state index contributed by atoms with van der Waals surface area (Å²) in [4.78, 5) is 2.15. The van der Waals surface area contributed by atoms with E-state index in [0.29, 0.717) is 5.92 Å². The Morgan fingerprint density at radius 3 is 2.44 bits per heavy atom. The van der Waals surface area contributed by atoms with E-state index in [4.69, 9.17) is 0 Å². The smallest absolute Gasteiger partial charge is 0.146 e. The van der Waals surface area contributed by atoms with Crippen molar-refractivity contribution < 1.29 is 4.39 Å². The Morgan fingerprint density at radius 2 is 1.88 bits per heavy atom. The minimum absolute atomic E-state index is 0.111. The summed E-state index contributed by atoms with van der Waals surface area (Å²) in [6, 6.07) is 7.04. The third kappa shape index (κ3) is 3.84. The van der Waals surface area contributed by atoms with E-state index < -0.39 is 0 Å². The summed E-state index contributed by atoms with van der Waals surface area (Å²) in [5.74, 6) is 0.547. The number of para-hydroxylation sites is 1. The van der Waals surface area contributed by atoms with E-state index in [1.54, 1.807) is 6.07 Å². The van der Waals surface area contributed by atoms with Crippen LogP contribution in [0.3, 0.4) is 0 Å². The molecule has 1 aromatic rings. The molecule has 1 nitrogen and oxygen atoms in total. The highest BCUT2D eigenvalue weighted by molar-refractivity contribution is 5.47. The van der Waals surface area contributed by atoms with Gasteiger partial charge in [0.25, 0.3) is 0 Å². The zero-order valence-electron chi connectivity index (χ0n) is 10.5. The second kappa shape index (κ2) is 6.51. The Morgan fingerprint density at radius 1 is 1.19 bits per heavy atom. The average molecular weight is 223 g/mol. The van der Waals surface area contributed by atoms with E-state index in [9.17, 15) is 4.39 Å². The molecule has 90 valence electrons. The second-order valence-electron chi connectivity index (χ2n) is 4.62. The Hall–Kier alpha value is -1.05. The van der Waals surface area contributed by atoms with Crippen molar-refractivity contribution in [3.05, 3.63) is 30.1 Å². The van der Waals surface area contributed by atoms with Crippen LogP contribution in [0, 0.1) is 11.7 Å². The minimum atomic E-state index is -0.111. The largest absolute Gasteiger partial charge is 0.369 e. The highest BCUT2D eigenvalue weighted by Gasteiger charge is 2.10. The zero-order chi connectivity index (χ0) is 12.0. The fourth-order valence-electron chi connectivity index (χ4n) is 1.74. The number of nitrogens with zero attached hydrogens (tertiary/aromatic N) is 1. The number of hydrogen-bond acceptors (Lipinski definition) is 1. The molecule has 0 saturated heterocycles. The van der Waals surface area contributed by atoms with E-state index in [1.807, 2.05) is 12.1 Å². The van der Waals surface area contributed by atoms with Crippen LogP contribution in [-0.4, -0.2) is 13.1 Å². The van der Waals surface area contributed by atoms with Gasteiger partial charge in [-0.25, -0.2) is 4.39 Å². The van der Waals surface area contributed by atoms with Crippen molar-refractivity contribution in [3.8, 4) is 0 Å². The monoisotopic (exact) mass is 223 g/mol. The van der Waals surface area contributed by atoms with Gasteiger partial charge in [0, 0.05) is 13.1 Å². The van der Waals surface area contributed by atoms with Gasteiger partial charge in [-0.15, -0.1) is 0 Å². The van der Waals surface area contributed by atoms with Crippen LogP contribution in [-0.2, 0) is 0 Å². The third-order valence-corrected chi connectivity index (χ3v) is 2.66. The molecule has 0 N–H and O–H groups in total. The molecule has 0 aliphatic rings. The normalized spacial score (nSPS) is 10.8. The highest BCUT2D eigenvalue weighted by atomic mass is 19.1. The lowest BCUT2D eigenvalue weighted by Crippen LogP contribution is -2.27. The molecule has 0 heterocycles. The lowest BCUT2D eigenvalue weighted by molar-refractivity contribution is 0.559. The molecular formula is C14H22FN. The molecule has 0 radical (unpaired) electrons. The van der Waals surface area contributed by atoms with Crippen molar-refractivity contribution in [3.63, 3.8) is 0 Å². The van der Waals surface area contributed by atoms with Crippen molar-refractivity contribution in [2.24, 2.45) is 5.92 Å². The minimum Gasteiger partial charge on any atom is -0.369 e. The first-order chi connectivity index (χ1) is 7.65. The Bertz CT molecular complexity index is 309. The van der Waals surface area contributed by atoms with Crippen LogP contribution in [0.2, 0.25) is 0 Å². The lowest BCUT2D eigenvalue weighted by atomic mass is 10.1. The molecule has 0 aromatic heterocycles. The zero-order valence-corrected chi connectivity index (χ0v) is 10.5. The van der Waals surface area contributed by atoms with Gasteiger partial charge in [0.15, 0.2) is 0 Å². The molecular weight excluding hydrogens is 201 g/mol. The van der Waals surface area contributed by atoms with Crippen LogP contribution in [0.1, 0.15) is 33.6 Å². The molecule has 1 rings (SSSR count). The maximum atomic E-state index is 13.6. The van der Waals surface area contributed by atoms with Gasteiger partial charge in [0.05, 0.1) is 5.69 Å². The number of halogens is 1. The molecule has 0 bridgehead atoms. The van der Waals surface area contributed by atoms with Crippen molar-refractivity contribution in [1.82, 2.24) is 0 Å². The Balaban J connectivity index is 2.73. The van der Waals surface area contributed by atoms with Crippen LogP contribution in [0.15, 0.2) is 24.3 Å². The number of hydrogen-bond donors (Lipinski definition) is 0. The van der Waals surface area contributed by atoms with Crippen LogP contribution in [0.5, 0.6) is 0 Å². The SMILES string of the molecule is CCCN(CCC(C)C)c1ccccc1F. The summed E-state index contributed by atoms with van der Waals surface area (Å²) in [5.41, 5.74) is 0.741. The van der Waals surface area contributed by atoms with Gasteiger partial charge in [-0.05, 0) is 30.9 Å². The van der Waals surface area contributed by atoms with E-state index in [0.717, 1.165) is 31.6 Å². The van der Waals surface area contributed by atoms with Crippen molar-refractivity contribution in [2.75, 3.05) is 18.0 Å². The molecule has 2 heteroatoms. The van der Waals surface area contributed by atoms with Gasteiger partial charge >= 0.3 is 0 Å². The average Bonchev–Trinajstić information content (AvgIpc) is 2.25. The van der Waals surface area contributed by atoms with Crippen LogP contribution < -0.4 is 4.90 Å². The number of rotatable bonds is 6. The highest BCUT2D eigenvalue weighted by Crippen LogP contribution is 2.19. The third-order valence-electron chi connectivity index (χ3n) is 2.66. The van der Waals surface area contributed by atoms with Gasteiger partial charge in [-0.1, -0.05) is 32.9 Å². The summed E-state index contributed by atoms with van der Waals surface area (Å²) in [5, 5.41) is 0. The number of anilines is 1. The van der Waals surface area contributed by atoms with Gasteiger partial charge in [0.2, 0.25) is 0 Å². The van der Waals surface area contributed by atoms with E-state index in [1.165, 1.54) is 6.07 Å². The number of benzene rings is 1. The molecule has 0 amide bonds. The quantitative estimate of drug-likeness (QED) is 0.702. The maximum absolute atomic E-state index is 13.6. The first kappa shape index (κ1) is 13.0. The van der Waals surface area contributed by atoms with Crippen molar-refractivity contribution >= 4 is 5.69 Å². The predicted octanol–water partition coefficient (Wildman–Crippen LogP) is 4.09. The van der Waals surface area contributed by atoms with E-state index in [-0.39, 0.29) is 5.82 Å². The van der Waals surface area contributed by atoms with Gasteiger partial charge in [-0.2, -0.15) is 0 Å². The molecule has 0 unspecified atom stereocenters. The predicted molar refractivity (Wildman–Crippen MR) is 68.4 cm³/mol. The molecule has 16 heavy (non-hydrogen) atoms. The van der Waals surface area contributed by atoms with Crippen LogP contribution in [0.25, 0.3) is 0 Å². The molecule has 0 spiro atoms. The molecule has 0 fully saturated rings. The topological polar surface area (TPSA) is 3.24 Å². The fourth-order valence-corrected chi connectivity index (χ4v) is 1.74. The summed E-state index contributed by atoms with van der Waals surface area (Å²) in [7, 11) is 0. The first-order valence-corrected chi connectivity index (χ1v) is 6.14. The standard InChI is InChI=1S/C14H22FN/c1-4-10-16(11-9-12(2)3)14-8-6-5-7-13(14)15/h5-8,12H,4,9-11H2,1-3H3. The molecule has 0 aliphatic carbocycles. The fraction of sp³-hybridized carbons (Fsp3) is 0.571. The molecule has 0 atom stereocenters. The van der Waals surface area contributed by atoms with Gasteiger partial charge < -0.3 is 4.90 Å². The Kier molecular flexibility index (Phi) is 5.30. The summed E-state index contributed by atoms with van der Waals surface area (Å²) in [6.07, 6.45) is 2.15. The van der Waals surface area contributed by atoms with Gasteiger partial charge in [0.1, 0.15) is 5.82 Å². The van der Waals surface area contributed by atoms with Crippen molar-refractivity contribution in [2.45, 2.75) is 33.6 Å². The first-order valence-electron chi connectivity index (χ1n) is 6.14. The van der Waals surface area contributed by atoms with Crippen LogP contribution in [0.4, 0.5) is 10.1 Å². The van der Waals surface area contributed by atoms with Crippen molar-refractivity contribution in [1.29, 1.82) is 0 Å². The summed E-state index contributed by atoms with van der Waals surface area (Å²) >= 11 is 0. The van der Waals surface area contributed by atoms with E-state index >= 15 is 0 Å². The maximum Gasteiger partial charge on any atom is 0.146 e. The van der Waals surface area contributed by atoms with Gasteiger partial charge in [-0.3, -0.25) is 0 Å².